The van der Waals surface area contributed by atoms with Gasteiger partial charge in [-0.1, -0.05) is 158 Å². The molecule has 6 fully saturated rings. The topological polar surface area (TPSA) is 230 Å². The van der Waals surface area contributed by atoms with Gasteiger partial charge in [-0.3, -0.25) is 9.59 Å². The predicted octanol–water partition coefficient (Wildman–Crippen LogP) is 10.5. The van der Waals surface area contributed by atoms with E-state index in [1.807, 2.05) is 83.8 Å². The van der Waals surface area contributed by atoms with Crippen LogP contribution in [0.25, 0.3) is 0 Å². The molecule has 1 aromatic heterocycles. The summed E-state index contributed by atoms with van der Waals surface area (Å²) in [5.41, 5.74) is 9.79. The van der Waals surface area contributed by atoms with Gasteiger partial charge < -0.3 is 61.0 Å². The number of hydrogen-bond acceptors (Lipinski definition) is 16. The third kappa shape index (κ3) is 30.8. The van der Waals surface area contributed by atoms with Gasteiger partial charge in [-0.05, 0) is 166 Å². The zero-order valence-electron chi connectivity index (χ0n) is 60.1. The summed E-state index contributed by atoms with van der Waals surface area (Å²) in [6.45, 7) is 15.0. The maximum absolute atomic E-state index is 12.2. The summed E-state index contributed by atoms with van der Waals surface area (Å²) in [7, 11) is 4.29. The Morgan fingerprint density at radius 2 is 1.02 bits per heavy atom. The van der Waals surface area contributed by atoms with E-state index < -0.39 is 22.2 Å². The van der Waals surface area contributed by atoms with Crippen LogP contribution in [0.15, 0.2) is 127 Å². The van der Waals surface area contributed by atoms with Crippen molar-refractivity contribution >= 4 is 147 Å². The number of ketones is 1. The molecule has 0 spiro atoms. The second kappa shape index (κ2) is 52.6. The molecule has 17 nitrogen and oxygen atoms in total. The number of nitrogens with two attached hydrogens (primary N) is 1. The van der Waals surface area contributed by atoms with Crippen molar-refractivity contribution in [1.29, 1.82) is 10.5 Å². The fraction of sp³-hybridized carbons (Fsp3) is 0.493. The molecule has 6 aromatic rings. The number of ether oxygens (including phenoxy) is 5. The third-order valence-corrected chi connectivity index (χ3v) is 21.6. The number of piperazine rings is 2. The van der Waals surface area contributed by atoms with Gasteiger partial charge in [-0.25, -0.2) is 4.98 Å². The largest absolute Gasteiger partial charge is 1.00 e. The van der Waals surface area contributed by atoms with Crippen LogP contribution in [-0.2, 0) is 61.4 Å². The van der Waals surface area contributed by atoms with Gasteiger partial charge in [-0.15, -0.1) is 22.9 Å². The number of thiazole rings is 1. The molecule has 7 heterocycles. The van der Waals surface area contributed by atoms with E-state index in [4.69, 9.17) is 121 Å². The average molecular weight is 1750 g/mol. The molecule has 0 radical (unpaired) electrons. The van der Waals surface area contributed by atoms with Crippen LogP contribution in [0.4, 0.5) is 5.13 Å². The number of Topliss-reactive ketones (excluding diaryl/α,β-unsaturated/α-hetero) is 1. The number of hydrogen-bond donors (Lipinski definition) is 2. The average Bonchev–Trinajstić information content (AvgIpc) is 1.76. The van der Waals surface area contributed by atoms with Crippen molar-refractivity contribution in [2.45, 2.75) is 86.9 Å². The van der Waals surface area contributed by atoms with E-state index >= 15 is 0 Å². The van der Waals surface area contributed by atoms with Gasteiger partial charge in [0.15, 0.2) is 16.0 Å². The van der Waals surface area contributed by atoms with Crippen molar-refractivity contribution in [2.75, 3.05) is 154 Å². The smallest absolute Gasteiger partial charge is 1.00 e. The van der Waals surface area contributed by atoms with E-state index in [1.165, 1.54) is 11.3 Å². The van der Waals surface area contributed by atoms with Crippen molar-refractivity contribution in [2.24, 2.45) is 5.73 Å². The minimum atomic E-state index is -0.830. The van der Waals surface area contributed by atoms with Crippen LogP contribution in [0.3, 0.4) is 0 Å². The molecule has 0 saturated carbocycles. The third-order valence-electron chi connectivity index (χ3n) is 18.4. The van der Waals surface area contributed by atoms with E-state index in [0.29, 0.717) is 96.9 Å². The molecule has 0 amide bonds. The molecule has 6 saturated heterocycles. The van der Waals surface area contributed by atoms with Crippen LogP contribution in [-0.4, -0.2) is 196 Å². The zero-order chi connectivity index (χ0) is 72.4. The predicted molar refractivity (Wildman–Crippen MR) is 427 cm³/mol. The number of carbonyl (C=O) groups excluding carboxylic acids is 1. The van der Waals surface area contributed by atoms with E-state index in [2.05, 4.69) is 90.3 Å². The molecular formula is C75H96Br2Cl6KN8NaO9S2. The van der Waals surface area contributed by atoms with Gasteiger partial charge in [0.2, 0.25) is 0 Å². The SMILES string of the molecule is BrCCOCCBr.C.CN1CCN(C(N)=S)CC1.CN1CCN(c2nc(C3(c4cccc(Cl)c4)CCOCC3)cs2)CC1.N#CC1(c2cccc(Cl)c2)CCOCC1.N#CCc1cccc(Cl)c1.O=C(CCl)C1(c2cccc(Cl)c2)CCOCC1.O=C(O)C1(c2cccc(Cl)c2)CCOCC1.[H-].[K+].[Na+].[OH-]. The number of thiocarbonyl (C=S) groups is 1. The number of anilines is 1. The molecule has 0 aliphatic carbocycles. The fourth-order valence-electron chi connectivity index (χ4n) is 12.3. The van der Waals surface area contributed by atoms with Gasteiger partial charge in [0, 0.05) is 152 Å². The first-order valence-electron chi connectivity index (χ1n) is 33.2. The molecule has 5 aromatic carbocycles. The Balaban J connectivity index is 0.000000627. The van der Waals surface area contributed by atoms with Crippen molar-refractivity contribution in [3.8, 4) is 12.1 Å². The Bertz CT molecular complexity index is 3580. The number of alkyl halides is 3. The van der Waals surface area contributed by atoms with Crippen molar-refractivity contribution in [3.63, 3.8) is 0 Å². The van der Waals surface area contributed by atoms with Crippen LogP contribution in [0.2, 0.25) is 25.1 Å². The molecule has 12 rings (SSSR count). The first kappa shape index (κ1) is 98.4. The number of rotatable bonds is 14. The number of aliphatic carboxylic acids is 1. The number of likely N-dealkylation sites (N-methyl/N-ethyl adjacent to an activating group) is 2. The van der Waals surface area contributed by atoms with Crippen molar-refractivity contribution in [1.82, 2.24) is 19.7 Å². The normalized spacial score (nSPS) is 17.5. The summed E-state index contributed by atoms with van der Waals surface area (Å²) < 4.78 is 26.6. The standard InChI is InChI=1S/C19H24ClN3OS.C13H14Cl2O2.C12H12ClNO.C12H13ClO3.C8H6ClN.C6H13N3S.C4H8Br2O.CH4.K.Na.H2O.H/c1-22-7-9-23(10-8-22)18-21-17(14-25-18)19(5-11-24-12-6-19)15-3-2-4-16(20)13-15;14-9-12(16)13(4-6-17-7-5-13)10-2-1-3-11(15)8-10;13-11-3-1-2-10(8-11)12(9-14)4-6-15-7-5-12;13-10-3-1-2-9(8-10)12(11(14)15)4-6-16-7-5-12;9-8-3-1-2-7(6-8)4-5-10;1-8-2-4-9(5-3-8)6(7)10;5-1-3-7-4-2-6;;;;;/h2-4,13-14H,5-12H2,1H3;1-3,8H,4-7,9H2;1-3,8H,4-7H2;1-3,8H,4-7H2,(H,14,15);1-3,6H,4H2;2-5H2,1H3,(H2,7,10);1-4H2;1H4;;;1H2;/q;;;;;;;;2*+1;;-1/p-1. The molecule has 6 aliphatic heterocycles. The van der Waals surface area contributed by atoms with E-state index in [1.54, 1.807) is 41.7 Å². The number of carboxylic acids is 1. The monoisotopic (exact) mass is 1750 g/mol. The van der Waals surface area contributed by atoms with Gasteiger partial charge in [0.05, 0.1) is 59.6 Å². The molecule has 0 bridgehead atoms. The Morgan fingerprint density at radius 3 is 1.44 bits per heavy atom. The van der Waals surface area contributed by atoms with Crippen LogP contribution >= 0.6 is 125 Å². The number of benzene rings is 5. The Morgan fingerprint density at radius 1 is 0.625 bits per heavy atom. The Labute approximate surface area is 738 Å². The molecule has 4 N–H and O–H groups in total. The minimum Gasteiger partial charge on any atom is -1.00 e. The number of nitrogens with zero attached hydrogens (tertiary/aromatic N) is 7. The second-order valence-electron chi connectivity index (χ2n) is 24.7. The van der Waals surface area contributed by atoms with Crippen LogP contribution in [0, 0.1) is 22.7 Å². The summed E-state index contributed by atoms with van der Waals surface area (Å²) in [6, 6.07) is 42.2. The van der Waals surface area contributed by atoms with Crippen molar-refractivity contribution in [3.05, 3.63) is 185 Å². The van der Waals surface area contributed by atoms with Crippen molar-refractivity contribution < 1.29 is 126 Å². The number of carboxylic acid groups (broad SMARTS) is 1. The van der Waals surface area contributed by atoms with Gasteiger partial charge >= 0.3 is 86.9 Å². The molecule has 6 aliphatic rings. The maximum Gasteiger partial charge on any atom is 1.00 e. The number of nitriles is 2. The fourth-order valence-corrected chi connectivity index (χ4v) is 15.1. The molecular weight excluding hydrogens is 1660 g/mol. The number of carbonyl (C=O) groups is 2. The summed E-state index contributed by atoms with van der Waals surface area (Å²) in [6.07, 6.45) is 6.22. The minimum absolute atomic E-state index is 0. The number of aromatic nitrogens is 1. The van der Waals surface area contributed by atoms with Gasteiger partial charge in [0.25, 0.3) is 0 Å². The van der Waals surface area contributed by atoms with E-state index in [-0.39, 0.29) is 112 Å². The molecule has 0 atom stereocenters. The van der Waals surface area contributed by atoms with Gasteiger partial charge in [0.1, 0.15) is 0 Å². The van der Waals surface area contributed by atoms with E-state index in [9.17, 15) is 20.0 Å². The summed E-state index contributed by atoms with van der Waals surface area (Å²) in [5.74, 6) is -0.699. The zero-order valence-corrected chi connectivity index (χ0v) is 73.6. The quantitative estimate of drug-likeness (QED) is 0.0447. The molecule has 29 heteroatoms. The molecule has 0 unspecified atom stereocenters. The Hall–Kier alpha value is -1.64. The van der Waals surface area contributed by atoms with Crippen LogP contribution < -0.4 is 91.6 Å². The first-order valence-corrected chi connectivity index (χ1v) is 39.2. The van der Waals surface area contributed by atoms with Crippen LogP contribution in [0.5, 0.6) is 0 Å². The molecule has 104 heavy (non-hydrogen) atoms. The maximum atomic E-state index is 12.2. The van der Waals surface area contributed by atoms with Gasteiger partial charge in [-0.2, -0.15) is 10.5 Å². The Kier molecular flexibility index (Phi) is 49.8. The summed E-state index contributed by atoms with van der Waals surface area (Å²) in [4.78, 5) is 37.8. The van der Waals surface area contributed by atoms with Crippen LogP contribution in [0.1, 0.15) is 93.7 Å². The number of halogens is 8. The summed E-state index contributed by atoms with van der Waals surface area (Å²) in [5, 5.41) is 36.3. The first-order chi connectivity index (χ1) is 48.2. The second-order valence-corrected chi connectivity index (χ2v) is 30.0. The molecule has 560 valence electrons. The van der Waals surface area contributed by atoms with E-state index in [0.717, 1.165) is 148 Å². The summed E-state index contributed by atoms with van der Waals surface area (Å²) >= 11 is 48.6.